The van der Waals surface area contributed by atoms with Gasteiger partial charge in [-0.15, -0.1) is 11.8 Å². The van der Waals surface area contributed by atoms with Crippen LogP contribution in [0.2, 0.25) is 0 Å². The lowest BCUT2D eigenvalue weighted by Crippen LogP contribution is -2.54. The molecule has 2 atom stereocenters. The molecular weight excluding hydrogens is 284 g/mol. The van der Waals surface area contributed by atoms with Crippen molar-refractivity contribution in [2.75, 3.05) is 12.9 Å². The lowest BCUT2D eigenvalue weighted by atomic mass is 9.97. The van der Waals surface area contributed by atoms with Gasteiger partial charge in [-0.05, 0) is 56.6 Å². The number of nitrogens with one attached hydrogen (secondary N) is 2. The van der Waals surface area contributed by atoms with Gasteiger partial charge in [-0.25, -0.2) is 4.79 Å². The molecule has 1 aliphatic carbocycles. The van der Waals surface area contributed by atoms with Crippen LogP contribution in [0.4, 0.5) is 4.79 Å². The molecule has 0 aliphatic heterocycles. The molecule has 0 saturated heterocycles. The molecule has 1 aromatic rings. The number of aliphatic hydroxyl groups is 1. The largest absolute Gasteiger partial charge is 0.394 e. The predicted octanol–water partition coefficient (Wildman–Crippen LogP) is 2.93. The molecule has 0 aromatic heterocycles. The van der Waals surface area contributed by atoms with Crippen LogP contribution in [0.5, 0.6) is 0 Å². The van der Waals surface area contributed by atoms with Crippen LogP contribution >= 0.6 is 11.8 Å². The lowest BCUT2D eigenvalue weighted by molar-refractivity contribution is 0.154. The van der Waals surface area contributed by atoms with E-state index in [0.29, 0.717) is 5.92 Å². The summed E-state index contributed by atoms with van der Waals surface area (Å²) in [6.07, 6.45) is 4.18. The highest BCUT2D eigenvalue weighted by atomic mass is 32.2. The van der Waals surface area contributed by atoms with E-state index in [4.69, 9.17) is 0 Å². The molecule has 1 aliphatic rings. The molecule has 4 nitrogen and oxygen atoms in total. The third-order valence-electron chi connectivity index (χ3n) is 4.17. The fourth-order valence-electron chi connectivity index (χ4n) is 2.46. The average Bonchev–Trinajstić information content (AvgIpc) is 3.32. The van der Waals surface area contributed by atoms with Gasteiger partial charge < -0.3 is 15.7 Å². The predicted molar refractivity (Wildman–Crippen MR) is 86.5 cm³/mol. The average molecular weight is 308 g/mol. The van der Waals surface area contributed by atoms with Crippen molar-refractivity contribution in [2.45, 2.75) is 43.2 Å². The number of thioether (sulfide) groups is 1. The van der Waals surface area contributed by atoms with Crippen LogP contribution in [0.1, 0.15) is 38.3 Å². The summed E-state index contributed by atoms with van der Waals surface area (Å²) in [5.41, 5.74) is 0.562. The molecule has 1 aromatic carbocycles. The van der Waals surface area contributed by atoms with E-state index in [9.17, 15) is 9.90 Å². The number of carbonyl (C=O) groups excluding carboxylic acids is 1. The summed E-state index contributed by atoms with van der Waals surface area (Å²) < 4.78 is 0. The summed E-state index contributed by atoms with van der Waals surface area (Å²) in [7, 11) is 0. The molecule has 5 heteroatoms. The van der Waals surface area contributed by atoms with E-state index >= 15 is 0 Å². The minimum absolute atomic E-state index is 0.0259. The van der Waals surface area contributed by atoms with Crippen molar-refractivity contribution < 1.29 is 9.90 Å². The molecule has 0 heterocycles. The van der Waals surface area contributed by atoms with Gasteiger partial charge >= 0.3 is 6.03 Å². The van der Waals surface area contributed by atoms with Gasteiger partial charge in [0.25, 0.3) is 0 Å². The fraction of sp³-hybridized carbons (Fsp3) is 0.562. The van der Waals surface area contributed by atoms with E-state index in [0.717, 1.165) is 18.4 Å². The smallest absolute Gasteiger partial charge is 0.315 e. The summed E-state index contributed by atoms with van der Waals surface area (Å²) >= 11 is 1.70. The second kappa shape index (κ2) is 6.71. The van der Waals surface area contributed by atoms with Crippen molar-refractivity contribution in [3.05, 3.63) is 29.8 Å². The number of benzene rings is 1. The molecule has 0 radical (unpaired) electrons. The molecule has 1 fully saturated rings. The van der Waals surface area contributed by atoms with Gasteiger partial charge in [-0.3, -0.25) is 0 Å². The molecular formula is C16H24N2O2S. The molecule has 116 valence electrons. The van der Waals surface area contributed by atoms with Crippen LogP contribution in [-0.4, -0.2) is 29.5 Å². The Morgan fingerprint density at radius 3 is 2.52 bits per heavy atom. The first-order valence-electron chi connectivity index (χ1n) is 7.32. The highest BCUT2D eigenvalue weighted by molar-refractivity contribution is 7.98. The van der Waals surface area contributed by atoms with Crippen molar-refractivity contribution in [2.24, 2.45) is 5.92 Å². The standard InChI is InChI=1S/C16H24N2O2S/c1-11(12-4-8-14(21-3)9-5-12)17-15(20)18-16(2,10-19)13-6-7-13/h4-5,8-9,11,13,19H,6-7,10H2,1-3H3,(H2,17,18,20)/t11-,16-/m0/s1. The highest BCUT2D eigenvalue weighted by Gasteiger charge is 2.42. The van der Waals surface area contributed by atoms with Gasteiger partial charge in [0, 0.05) is 4.90 Å². The van der Waals surface area contributed by atoms with Crippen molar-refractivity contribution in [3.63, 3.8) is 0 Å². The van der Waals surface area contributed by atoms with Crippen LogP contribution in [-0.2, 0) is 0 Å². The first-order chi connectivity index (χ1) is 9.98. The number of rotatable bonds is 6. The van der Waals surface area contributed by atoms with Gasteiger partial charge in [0.1, 0.15) is 0 Å². The van der Waals surface area contributed by atoms with Crippen LogP contribution in [0, 0.1) is 5.92 Å². The van der Waals surface area contributed by atoms with E-state index < -0.39 is 5.54 Å². The van der Waals surface area contributed by atoms with E-state index in [1.54, 1.807) is 11.8 Å². The molecule has 2 amide bonds. The Labute approximate surface area is 130 Å². The van der Waals surface area contributed by atoms with Crippen molar-refractivity contribution >= 4 is 17.8 Å². The maximum Gasteiger partial charge on any atom is 0.315 e. The number of amides is 2. The summed E-state index contributed by atoms with van der Waals surface area (Å²) in [6.45, 7) is 3.84. The van der Waals surface area contributed by atoms with E-state index in [2.05, 4.69) is 22.8 Å². The molecule has 21 heavy (non-hydrogen) atoms. The summed E-state index contributed by atoms with van der Waals surface area (Å²) in [4.78, 5) is 13.3. The first-order valence-corrected chi connectivity index (χ1v) is 8.54. The maximum absolute atomic E-state index is 12.1. The minimum Gasteiger partial charge on any atom is -0.394 e. The quantitative estimate of drug-likeness (QED) is 0.708. The van der Waals surface area contributed by atoms with Gasteiger partial charge in [0.05, 0.1) is 18.2 Å². The lowest BCUT2D eigenvalue weighted by Gasteiger charge is -2.29. The van der Waals surface area contributed by atoms with Crippen LogP contribution in [0.3, 0.4) is 0 Å². The SMILES string of the molecule is CSc1ccc([C@H](C)NC(=O)N[C@@](C)(CO)C2CC2)cc1. The summed E-state index contributed by atoms with van der Waals surface area (Å²) in [6, 6.07) is 7.88. The molecule has 3 N–H and O–H groups in total. The molecule has 0 unspecified atom stereocenters. The van der Waals surface area contributed by atoms with Gasteiger partial charge in [-0.2, -0.15) is 0 Å². The second-order valence-corrected chi connectivity index (χ2v) is 6.82. The Hall–Kier alpha value is -1.20. The number of aliphatic hydroxyl groups excluding tert-OH is 1. The van der Waals surface area contributed by atoms with Gasteiger partial charge in [0.2, 0.25) is 0 Å². The van der Waals surface area contributed by atoms with Crippen molar-refractivity contribution in [3.8, 4) is 0 Å². The number of urea groups is 1. The second-order valence-electron chi connectivity index (χ2n) is 5.94. The van der Waals surface area contributed by atoms with Crippen LogP contribution in [0.15, 0.2) is 29.2 Å². The monoisotopic (exact) mass is 308 g/mol. The van der Waals surface area contributed by atoms with E-state index in [1.807, 2.05) is 32.2 Å². The maximum atomic E-state index is 12.1. The summed E-state index contributed by atoms with van der Waals surface area (Å²) in [5, 5.41) is 15.4. The third-order valence-corrected chi connectivity index (χ3v) is 4.91. The van der Waals surface area contributed by atoms with Crippen LogP contribution < -0.4 is 10.6 Å². The summed E-state index contributed by atoms with van der Waals surface area (Å²) in [5.74, 6) is 0.393. The normalized spacial score (nSPS) is 18.7. The topological polar surface area (TPSA) is 61.4 Å². The zero-order chi connectivity index (χ0) is 15.5. The number of hydrogen-bond donors (Lipinski definition) is 3. The Kier molecular flexibility index (Phi) is 5.17. The molecule has 0 spiro atoms. The third kappa shape index (κ3) is 4.14. The number of hydrogen-bond acceptors (Lipinski definition) is 3. The molecule has 0 bridgehead atoms. The zero-order valence-electron chi connectivity index (χ0n) is 12.8. The van der Waals surface area contributed by atoms with Crippen LogP contribution in [0.25, 0.3) is 0 Å². The van der Waals surface area contributed by atoms with Crippen molar-refractivity contribution in [1.29, 1.82) is 0 Å². The Morgan fingerprint density at radius 2 is 2.05 bits per heavy atom. The Balaban J connectivity index is 1.91. The fourth-order valence-corrected chi connectivity index (χ4v) is 2.87. The van der Waals surface area contributed by atoms with E-state index in [-0.39, 0.29) is 18.7 Å². The Morgan fingerprint density at radius 1 is 1.43 bits per heavy atom. The minimum atomic E-state index is -0.507. The molecule has 2 rings (SSSR count). The van der Waals surface area contributed by atoms with Crippen molar-refractivity contribution in [1.82, 2.24) is 10.6 Å². The zero-order valence-corrected chi connectivity index (χ0v) is 13.7. The van der Waals surface area contributed by atoms with E-state index in [1.165, 1.54) is 4.90 Å². The van der Waals surface area contributed by atoms with Gasteiger partial charge in [0.15, 0.2) is 0 Å². The number of carbonyl (C=O) groups is 1. The Bertz CT molecular complexity index is 488. The first kappa shape index (κ1) is 16.2. The highest BCUT2D eigenvalue weighted by Crippen LogP contribution is 2.39. The van der Waals surface area contributed by atoms with Gasteiger partial charge in [-0.1, -0.05) is 12.1 Å². The molecule has 1 saturated carbocycles.